The molecule has 14 rings (SSSR count). The largest absolute Gasteiger partial charge is 0.461 e. The number of para-hydroxylation sites is 3. The van der Waals surface area contributed by atoms with Gasteiger partial charge >= 0.3 is 0 Å². The average molecular weight is 811 g/mol. The number of hydrogen-bond acceptors (Lipinski definition) is 5. The molecule has 1 spiro atoms. The Morgan fingerprint density at radius 2 is 1.13 bits per heavy atom. The Bertz CT molecular complexity index is 3530. The zero-order chi connectivity index (χ0) is 40.6. The number of fused-ring (bicyclic) bond motifs is 15. The van der Waals surface area contributed by atoms with Crippen molar-refractivity contribution in [2.75, 3.05) is 4.90 Å². The summed E-state index contributed by atoms with van der Waals surface area (Å²) in [6.07, 6.45) is 11.6. The minimum Gasteiger partial charge on any atom is -0.461 e. The third-order valence-corrected chi connectivity index (χ3v) is 18.6. The maximum atomic E-state index is 6.36. The van der Waals surface area contributed by atoms with E-state index in [1.165, 1.54) is 59.3 Å². The Hall–Kier alpha value is -8.00. The zero-order valence-electron chi connectivity index (χ0n) is 33.2. The molecule has 6 aromatic carbocycles. The molecule has 290 valence electrons. The van der Waals surface area contributed by atoms with E-state index in [1.807, 2.05) is 24.9 Å². The van der Waals surface area contributed by atoms with Crippen LogP contribution in [-0.2, 0) is 5.41 Å². The zero-order valence-corrected chi connectivity index (χ0v) is 34.2. The van der Waals surface area contributed by atoms with Crippen LogP contribution in [0.4, 0.5) is 17.1 Å². The van der Waals surface area contributed by atoms with E-state index >= 15 is 0 Å². The number of benzene rings is 6. The van der Waals surface area contributed by atoms with Crippen molar-refractivity contribution in [1.82, 2.24) is 14.5 Å². The molecule has 0 radical (unpaired) electrons. The molecule has 0 unspecified atom stereocenters. The Balaban J connectivity index is 1.13. The van der Waals surface area contributed by atoms with Crippen molar-refractivity contribution in [2.45, 2.75) is 5.41 Å². The number of anilines is 3. The highest BCUT2D eigenvalue weighted by Gasteiger charge is 2.57. The van der Waals surface area contributed by atoms with E-state index in [-0.39, 0.29) is 0 Å². The molecule has 0 N–H and O–H groups in total. The Labute approximate surface area is 357 Å². The van der Waals surface area contributed by atoms with Gasteiger partial charge < -0.3 is 18.3 Å². The van der Waals surface area contributed by atoms with Crippen molar-refractivity contribution < 1.29 is 8.83 Å². The summed E-state index contributed by atoms with van der Waals surface area (Å²) in [6, 6.07) is 62.4. The molecule has 3 aliphatic rings. The van der Waals surface area contributed by atoms with Gasteiger partial charge in [-0.1, -0.05) is 97.1 Å². The highest BCUT2D eigenvalue weighted by molar-refractivity contribution is 7.22. The normalized spacial score (nSPS) is 14.7. The van der Waals surface area contributed by atoms with E-state index in [4.69, 9.17) is 18.8 Å². The third kappa shape index (κ3) is 4.08. The van der Waals surface area contributed by atoms with Gasteiger partial charge in [-0.3, -0.25) is 9.97 Å². The van der Waals surface area contributed by atoms with Crippen LogP contribution < -0.4 is 25.6 Å². The highest BCUT2D eigenvalue weighted by Crippen LogP contribution is 2.64. The summed E-state index contributed by atoms with van der Waals surface area (Å²) >= 11 is 0. The summed E-state index contributed by atoms with van der Waals surface area (Å²) in [5.41, 5.74) is 13.1. The molecule has 2 aliphatic heterocycles. The predicted molar refractivity (Wildman–Crippen MR) is 249 cm³/mol. The maximum Gasteiger partial charge on any atom is 0.183 e. The van der Waals surface area contributed by atoms with Gasteiger partial charge in [0, 0.05) is 58.1 Å². The van der Waals surface area contributed by atoms with Gasteiger partial charge in [0.1, 0.15) is 0 Å². The molecule has 62 heavy (non-hydrogen) atoms. The van der Waals surface area contributed by atoms with Crippen LogP contribution in [-0.4, -0.2) is 22.6 Å². The Morgan fingerprint density at radius 1 is 0.452 bits per heavy atom. The van der Waals surface area contributed by atoms with Gasteiger partial charge in [0.25, 0.3) is 0 Å². The quantitative estimate of drug-likeness (QED) is 0.166. The lowest BCUT2D eigenvalue weighted by molar-refractivity contribution is 0.525. The van der Waals surface area contributed by atoms with Crippen molar-refractivity contribution in [3.8, 4) is 28.3 Å². The second-order valence-corrected chi connectivity index (χ2v) is 20.2. The van der Waals surface area contributed by atoms with Crippen LogP contribution in [0.15, 0.2) is 216 Å². The first kappa shape index (κ1) is 33.8. The van der Waals surface area contributed by atoms with E-state index in [2.05, 4.69) is 192 Å². The highest BCUT2D eigenvalue weighted by atomic mass is 28.3. The monoisotopic (exact) mass is 810 g/mol. The van der Waals surface area contributed by atoms with Gasteiger partial charge in [0.15, 0.2) is 19.6 Å². The maximum absolute atomic E-state index is 6.36. The molecule has 0 fully saturated rings. The van der Waals surface area contributed by atoms with Crippen molar-refractivity contribution in [1.29, 1.82) is 0 Å². The number of rotatable bonds is 4. The van der Waals surface area contributed by atoms with Gasteiger partial charge in [0.2, 0.25) is 0 Å². The van der Waals surface area contributed by atoms with E-state index < -0.39 is 13.5 Å². The van der Waals surface area contributed by atoms with Gasteiger partial charge in [-0.25, -0.2) is 0 Å². The Morgan fingerprint density at radius 3 is 1.89 bits per heavy atom. The van der Waals surface area contributed by atoms with E-state index in [0.29, 0.717) is 0 Å². The van der Waals surface area contributed by atoms with E-state index in [1.54, 1.807) is 0 Å². The predicted octanol–water partition coefficient (Wildman–Crippen LogP) is 10.3. The summed E-state index contributed by atoms with van der Waals surface area (Å²) in [4.78, 5) is 12.1. The Kier molecular flexibility index (Phi) is 6.70. The van der Waals surface area contributed by atoms with Gasteiger partial charge in [-0.2, -0.15) is 0 Å². The summed E-state index contributed by atoms with van der Waals surface area (Å²) < 4.78 is 15.1. The fourth-order valence-corrected chi connectivity index (χ4v) is 16.6. The fraction of sp³-hybridized carbons (Fsp3) is 0.0182. The smallest absolute Gasteiger partial charge is 0.183 e. The van der Waals surface area contributed by atoms with Crippen molar-refractivity contribution >= 4 is 67.7 Å². The lowest BCUT2D eigenvalue weighted by atomic mass is 9.65. The summed E-state index contributed by atoms with van der Waals surface area (Å²) in [5, 5.41) is 7.51. The molecule has 0 amide bonds. The average Bonchev–Trinajstić information content (AvgIpc) is 4.17. The number of aromatic nitrogens is 3. The molecular formula is C55H34N4O2Si. The number of pyridine rings is 2. The second-order valence-electron chi connectivity index (χ2n) is 16.5. The first-order chi connectivity index (χ1) is 30.8. The van der Waals surface area contributed by atoms with E-state index in [0.717, 1.165) is 50.9 Å². The van der Waals surface area contributed by atoms with Crippen molar-refractivity contribution in [3.63, 3.8) is 0 Å². The van der Waals surface area contributed by atoms with Crippen molar-refractivity contribution in [3.05, 3.63) is 229 Å². The lowest BCUT2D eigenvalue weighted by Crippen LogP contribution is -2.73. The van der Waals surface area contributed by atoms with Crippen LogP contribution in [0.1, 0.15) is 22.3 Å². The molecule has 1 aliphatic carbocycles. The molecule has 0 saturated carbocycles. The molecule has 0 saturated heterocycles. The van der Waals surface area contributed by atoms with Crippen LogP contribution >= 0.6 is 0 Å². The molecule has 7 heteroatoms. The van der Waals surface area contributed by atoms with Crippen LogP contribution in [0.3, 0.4) is 0 Å². The third-order valence-electron chi connectivity index (χ3n) is 13.8. The topological polar surface area (TPSA) is 60.2 Å². The molecule has 5 aromatic heterocycles. The first-order valence-corrected chi connectivity index (χ1v) is 23.0. The van der Waals surface area contributed by atoms with Gasteiger partial charge in [0.05, 0.1) is 40.3 Å². The summed E-state index contributed by atoms with van der Waals surface area (Å²) in [6.45, 7) is 0. The number of furan rings is 2. The van der Waals surface area contributed by atoms with Crippen LogP contribution in [0.5, 0.6) is 0 Å². The van der Waals surface area contributed by atoms with Crippen molar-refractivity contribution in [2.24, 2.45) is 0 Å². The van der Waals surface area contributed by atoms with Crippen LogP contribution in [0.2, 0.25) is 0 Å². The summed E-state index contributed by atoms with van der Waals surface area (Å²) in [7, 11) is -2.99. The standard InChI is InChI=1S/C55H34N4O2Si/c1-2-12-35(13-3-1)58-47-19-7-4-16-39(47)41-30-36(22-23-48(41)58)59-49-20-8-6-18-43(49)55(44-24-28-60-53(44)54-45(55)25-29-61-54)46-32-52-42(31-50(46)59)40-17-5-9-21-51(40)62(52,37-14-10-26-56-33-37)38-15-11-27-57-34-38/h1-34H. The molecule has 0 atom stereocenters. The molecule has 6 nitrogen and oxygen atoms in total. The molecule has 11 aromatic rings. The van der Waals surface area contributed by atoms with Gasteiger partial charge in [-0.05, 0) is 116 Å². The van der Waals surface area contributed by atoms with E-state index in [9.17, 15) is 0 Å². The minimum absolute atomic E-state index is 0.728. The fourth-order valence-electron chi connectivity index (χ4n) is 11.5. The molecule has 0 bridgehead atoms. The minimum atomic E-state index is -2.99. The second kappa shape index (κ2) is 12.3. The van der Waals surface area contributed by atoms with Gasteiger partial charge in [-0.15, -0.1) is 0 Å². The summed E-state index contributed by atoms with van der Waals surface area (Å²) in [5.74, 6) is 1.56. The first-order valence-electron chi connectivity index (χ1n) is 21.0. The number of nitrogens with zero attached hydrogens (tertiary/aromatic N) is 4. The van der Waals surface area contributed by atoms with Crippen LogP contribution in [0, 0.1) is 0 Å². The lowest BCUT2D eigenvalue weighted by Gasteiger charge is -2.45. The number of hydrogen-bond donors (Lipinski definition) is 0. The SMILES string of the molecule is c1ccc(-n2c3ccccc3c3cc(N4c5ccccc5C5(c6cc7c(cc64)-c4ccccc4[Si]7(c4cccnc4)c4cccnc4)c4ccoc4-c4occc45)ccc32)cc1. The van der Waals surface area contributed by atoms with Crippen LogP contribution in [0.25, 0.3) is 50.1 Å². The molecular weight excluding hydrogens is 777 g/mol. The molecule has 7 heterocycles.